The molecular formula is C6H6O. The standard InChI is InChI=1S/C6H6O/c1-6-4-2-3-5-7-6/h2-5H,1H2. The molecule has 0 amide bonds. The average Bonchev–Trinajstić information content (AvgIpc) is 1.69. The van der Waals surface area contributed by atoms with Crippen molar-refractivity contribution in [1.29, 1.82) is 0 Å². The molecule has 1 heteroatoms. The largest absolute Gasteiger partial charge is 0.466 e. The van der Waals surface area contributed by atoms with Crippen LogP contribution in [0.2, 0.25) is 0 Å². The zero-order valence-corrected chi connectivity index (χ0v) is 3.92. The Morgan fingerprint density at radius 1 is 1.43 bits per heavy atom. The van der Waals surface area contributed by atoms with Crippen LogP contribution in [0, 0.1) is 0 Å². The lowest BCUT2D eigenvalue weighted by molar-refractivity contribution is 0.367. The molecule has 1 nitrogen and oxygen atoms in total. The molecule has 0 aliphatic carbocycles. The van der Waals surface area contributed by atoms with Gasteiger partial charge in [-0.15, -0.1) is 0 Å². The Morgan fingerprint density at radius 2 is 2.29 bits per heavy atom. The maximum Gasteiger partial charge on any atom is 0.119 e. The van der Waals surface area contributed by atoms with Crippen molar-refractivity contribution in [2.24, 2.45) is 0 Å². The summed E-state index contributed by atoms with van der Waals surface area (Å²) < 4.78 is 4.82. The Morgan fingerprint density at radius 3 is 2.57 bits per heavy atom. The maximum absolute atomic E-state index is 4.82. The third-order valence-corrected chi connectivity index (χ3v) is 0.691. The van der Waals surface area contributed by atoms with Gasteiger partial charge in [0, 0.05) is 0 Å². The Kier molecular flexibility index (Phi) is 0.984. The molecule has 0 aromatic rings. The summed E-state index contributed by atoms with van der Waals surface area (Å²) in [5.41, 5.74) is 0. The molecule has 0 unspecified atom stereocenters. The SMILES string of the molecule is C=C1C=CC=CO1. The van der Waals surface area contributed by atoms with E-state index in [0.29, 0.717) is 5.76 Å². The van der Waals surface area contributed by atoms with Crippen molar-refractivity contribution in [2.75, 3.05) is 0 Å². The number of rotatable bonds is 0. The molecule has 0 fully saturated rings. The van der Waals surface area contributed by atoms with Crippen LogP contribution in [0.15, 0.2) is 36.8 Å². The van der Waals surface area contributed by atoms with E-state index in [-0.39, 0.29) is 0 Å². The first-order chi connectivity index (χ1) is 3.39. The second kappa shape index (κ2) is 1.65. The Balaban J connectivity index is 2.66. The molecule has 1 heterocycles. The van der Waals surface area contributed by atoms with Gasteiger partial charge < -0.3 is 4.74 Å². The lowest BCUT2D eigenvalue weighted by Crippen LogP contribution is -1.79. The summed E-state index contributed by atoms with van der Waals surface area (Å²) in [6.07, 6.45) is 7.10. The maximum atomic E-state index is 4.82. The van der Waals surface area contributed by atoms with Crippen molar-refractivity contribution < 1.29 is 4.74 Å². The van der Waals surface area contributed by atoms with Gasteiger partial charge in [0.1, 0.15) is 5.76 Å². The van der Waals surface area contributed by atoms with Crippen LogP contribution in [0.1, 0.15) is 0 Å². The van der Waals surface area contributed by atoms with Gasteiger partial charge in [-0.05, 0) is 12.2 Å². The van der Waals surface area contributed by atoms with Crippen molar-refractivity contribution in [3.05, 3.63) is 36.8 Å². The Bertz CT molecular complexity index is 131. The number of hydrogen-bond acceptors (Lipinski definition) is 1. The monoisotopic (exact) mass is 94.0 g/mol. The molecule has 7 heavy (non-hydrogen) atoms. The molecule has 0 N–H and O–H groups in total. The van der Waals surface area contributed by atoms with Gasteiger partial charge in [-0.25, -0.2) is 0 Å². The lowest BCUT2D eigenvalue weighted by Gasteiger charge is -1.98. The zero-order chi connectivity index (χ0) is 5.11. The fraction of sp³-hybridized carbons (Fsp3) is 0. The molecule has 0 aromatic heterocycles. The van der Waals surface area contributed by atoms with Crippen LogP contribution in [-0.2, 0) is 4.74 Å². The predicted molar refractivity (Wildman–Crippen MR) is 28.5 cm³/mol. The minimum Gasteiger partial charge on any atom is -0.466 e. The van der Waals surface area contributed by atoms with E-state index in [2.05, 4.69) is 6.58 Å². The van der Waals surface area contributed by atoms with Gasteiger partial charge in [0.25, 0.3) is 0 Å². The van der Waals surface area contributed by atoms with Crippen molar-refractivity contribution >= 4 is 0 Å². The molecule has 0 radical (unpaired) electrons. The number of ether oxygens (including phenoxy) is 1. The lowest BCUT2D eigenvalue weighted by atomic mass is 10.4. The fourth-order valence-corrected chi connectivity index (χ4v) is 0.374. The topological polar surface area (TPSA) is 9.23 Å². The van der Waals surface area contributed by atoms with E-state index in [0.717, 1.165) is 0 Å². The van der Waals surface area contributed by atoms with Crippen molar-refractivity contribution in [3.63, 3.8) is 0 Å². The summed E-state index contributed by atoms with van der Waals surface area (Å²) >= 11 is 0. The average molecular weight is 94.1 g/mol. The zero-order valence-electron chi connectivity index (χ0n) is 3.92. The van der Waals surface area contributed by atoms with E-state index in [1.165, 1.54) is 0 Å². The molecule has 0 saturated heterocycles. The Labute approximate surface area is 42.6 Å². The highest BCUT2D eigenvalue weighted by molar-refractivity contribution is 5.18. The van der Waals surface area contributed by atoms with E-state index in [1.54, 1.807) is 12.3 Å². The number of hydrogen-bond donors (Lipinski definition) is 0. The highest BCUT2D eigenvalue weighted by Crippen LogP contribution is 2.01. The molecule has 36 valence electrons. The van der Waals surface area contributed by atoms with Crippen LogP contribution < -0.4 is 0 Å². The second-order valence-corrected chi connectivity index (χ2v) is 1.27. The highest BCUT2D eigenvalue weighted by atomic mass is 16.5. The summed E-state index contributed by atoms with van der Waals surface area (Å²) in [4.78, 5) is 0. The van der Waals surface area contributed by atoms with Crippen molar-refractivity contribution in [2.45, 2.75) is 0 Å². The molecule has 1 rings (SSSR count). The highest BCUT2D eigenvalue weighted by Gasteiger charge is 1.84. The molecule has 1 aliphatic rings. The van der Waals surface area contributed by atoms with Crippen LogP contribution in [-0.4, -0.2) is 0 Å². The summed E-state index contributed by atoms with van der Waals surface area (Å²) in [5, 5.41) is 0. The molecule has 0 spiro atoms. The first kappa shape index (κ1) is 4.19. The smallest absolute Gasteiger partial charge is 0.119 e. The molecule has 0 bridgehead atoms. The summed E-state index contributed by atoms with van der Waals surface area (Å²) in [5.74, 6) is 0.697. The molecule has 0 atom stereocenters. The van der Waals surface area contributed by atoms with E-state index >= 15 is 0 Å². The van der Waals surface area contributed by atoms with E-state index in [1.807, 2.05) is 12.2 Å². The van der Waals surface area contributed by atoms with Gasteiger partial charge in [-0.3, -0.25) is 0 Å². The summed E-state index contributed by atoms with van der Waals surface area (Å²) in [6.45, 7) is 3.55. The van der Waals surface area contributed by atoms with Crippen LogP contribution in [0.25, 0.3) is 0 Å². The van der Waals surface area contributed by atoms with Gasteiger partial charge in [-0.2, -0.15) is 0 Å². The fourth-order valence-electron chi connectivity index (χ4n) is 0.374. The van der Waals surface area contributed by atoms with Gasteiger partial charge in [0.2, 0.25) is 0 Å². The normalized spacial score (nSPS) is 16.9. The number of allylic oxidation sites excluding steroid dienone is 3. The van der Waals surface area contributed by atoms with Crippen LogP contribution in [0.5, 0.6) is 0 Å². The van der Waals surface area contributed by atoms with Gasteiger partial charge >= 0.3 is 0 Å². The van der Waals surface area contributed by atoms with Crippen LogP contribution in [0.4, 0.5) is 0 Å². The van der Waals surface area contributed by atoms with Gasteiger partial charge in [0.05, 0.1) is 6.26 Å². The quantitative estimate of drug-likeness (QED) is 0.443. The predicted octanol–water partition coefficient (Wildman–Crippen LogP) is 1.60. The molecular weight excluding hydrogens is 88.1 g/mol. The van der Waals surface area contributed by atoms with Crippen LogP contribution >= 0.6 is 0 Å². The minimum absolute atomic E-state index is 0.697. The third kappa shape index (κ3) is 0.929. The van der Waals surface area contributed by atoms with Crippen molar-refractivity contribution in [1.82, 2.24) is 0 Å². The Hall–Kier alpha value is -0.980. The van der Waals surface area contributed by atoms with Crippen LogP contribution in [0.3, 0.4) is 0 Å². The first-order valence-electron chi connectivity index (χ1n) is 2.08. The third-order valence-electron chi connectivity index (χ3n) is 0.691. The molecule has 0 saturated carbocycles. The molecule has 0 aromatic carbocycles. The van der Waals surface area contributed by atoms with Gasteiger partial charge in [0.15, 0.2) is 0 Å². The van der Waals surface area contributed by atoms with Crippen molar-refractivity contribution in [3.8, 4) is 0 Å². The first-order valence-corrected chi connectivity index (χ1v) is 2.08. The van der Waals surface area contributed by atoms with Gasteiger partial charge in [-0.1, -0.05) is 12.7 Å². The molecule has 1 aliphatic heterocycles. The summed E-state index contributed by atoms with van der Waals surface area (Å²) in [6, 6.07) is 0. The van der Waals surface area contributed by atoms with E-state index < -0.39 is 0 Å². The van der Waals surface area contributed by atoms with E-state index in [9.17, 15) is 0 Å². The van der Waals surface area contributed by atoms with E-state index in [4.69, 9.17) is 4.74 Å². The minimum atomic E-state index is 0.697. The second-order valence-electron chi connectivity index (χ2n) is 1.27. The summed E-state index contributed by atoms with van der Waals surface area (Å²) in [7, 11) is 0.